The lowest BCUT2D eigenvalue weighted by Gasteiger charge is -2.28. The highest BCUT2D eigenvalue weighted by atomic mass is 15.3. The van der Waals surface area contributed by atoms with Crippen LogP contribution in [0.3, 0.4) is 0 Å². The highest BCUT2D eigenvalue weighted by Crippen LogP contribution is 2.41. The Morgan fingerprint density at radius 3 is 2.76 bits per heavy atom. The van der Waals surface area contributed by atoms with Crippen molar-refractivity contribution in [1.82, 2.24) is 4.98 Å². The summed E-state index contributed by atoms with van der Waals surface area (Å²) in [5, 5.41) is 3.62. The second-order valence-electron chi connectivity index (χ2n) is 7.11. The Bertz CT molecular complexity index is 843. The molecule has 1 aromatic carbocycles. The van der Waals surface area contributed by atoms with E-state index in [1.807, 2.05) is 25.3 Å². The van der Waals surface area contributed by atoms with E-state index in [1.165, 1.54) is 0 Å². The Hall–Kier alpha value is -3.02. The van der Waals surface area contributed by atoms with Crippen LogP contribution in [-0.2, 0) is 0 Å². The molecular weight excluding hydrogens is 360 g/mol. The first kappa shape index (κ1) is 20.7. The number of benzene rings is 1. The normalized spacial score (nSPS) is 16.2. The van der Waals surface area contributed by atoms with Gasteiger partial charge in [-0.3, -0.25) is 4.99 Å². The first-order valence-electron chi connectivity index (χ1n) is 10.4. The monoisotopic (exact) mass is 392 g/mol. The number of fused-ring (bicyclic) bond motifs is 1. The smallest absolute Gasteiger partial charge is 0.128 e. The van der Waals surface area contributed by atoms with Gasteiger partial charge >= 0.3 is 0 Å². The maximum atomic E-state index is 6.29. The summed E-state index contributed by atoms with van der Waals surface area (Å²) in [6.45, 7) is 9.71. The number of pyridine rings is 1. The van der Waals surface area contributed by atoms with E-state index < -0.39 is 0 Å². The number of rotatable bonds is 9. The summed E-state index contributed by atoms with van der Waals surface area (Å²) >= 11 is 0. The summed E-state index contributed by atoms with van der Waals surface area (Å²) in [5.41, 5.74) is 10.4. The van der Waals surface area contributed by atoms with Gasteiger partial charge in [0.2, 0.25) is 0 Å². The van der Waals surface area contributed by atoms with Crippen LogP contribution < -0.4 is 20.9 Å². The van der Waals surface area contributed by atoms with Crippen LogP contribution in [0.5, 0.6) is 0 Å². The molecule has 1 aliphatic rings. The number of hydrogen-bond donors (Lipinski definition) is 2. The van der Waals surface area contributed by atoms with Crippen LogP contribution in [-0.4, -0.2) is 37.4 Å². The third-order valence-corrected chi connectivity index (χ3v) is 5.03. The molecule has 2 heterocycles. The summed E-state index contributed by atoms with van der Waals surface area (Å²) in [6, 6.07) is 12.6. The van der Waals surface area contributed by atoms with Crippen molar-refractivity contribution < 1.29 is 0 Å². The van der Waals surface area contributed by atoms with E-state index in [1.54, 1.807) is 6.21 Å². The van der Waals surface area contributed by atoms with Crippen LogP contribution in [0, 0.1) is 0 Å². The molecule has 1 atom stereocenters. The average molecular weight is 393 g/mol. The van der Waals surface area contributed by atoms with Crippen molar-refractivity contribution in [2.24, 2.45) is 10.7 Å². The van der Waals surface area contributed by atoms with E-state index in [0.29, 0.717) is 6.54 Å². The molecule has 0 aliphatic carbocycles. The lowest BCUT2D eigenvalue weighted by molar-refractivity contribution is 0.733. The van der Waals surface area contributed by atoms with Gasteiger partial charge in [-0.05, 0) is 50.6 Å². The van der Waals surface area contributed by atoms with E-state index in [-0.39, 0.29) is 6.17 Å². The first-order chi connectivity index (χ1) is 14.2. The molecule has 0 spiro atoms. The fraction of sp³-hybridized carbons (Fsp3) is 0.391. The maximum absolute atomic E-state index is 6.29. The van der Waals surface area contributed by atoms with E-state index in [0.717, 1.165) is 54.5 Å². The zero-order chi connectivity index (χ0) is 20.6. The van der Waals surface area contributed by atoms with Crippen molar-refractivity contribution in [1.29, 1.82) is 0 Å². The molecule has 1 unspecified atom stereocenters. The van der Waals surface area contributed by atoms with Crippen molar-refractivity contribution in [2.45, 2.75) is 33.4 Å². The van der Waals surface area contributed by atoms with Gasteiger partial charge < -0.3 is 20.9 Å². The molecule has 0 amide bonds. The molecule has 1 aromatic heterocycles. The second-order valence-corrected chi connectivity index (χ2v) is 7.11. The standard InChI is InChI=1S/C23H32N6/c1-4-15-28(6-3)22-12-11-18(16-26-22)23-27-20-9-7-8-10-21(20)29(23)17-19(24)13-14-25-5-2/h7-14,16,23,27H,4-6,15,17,24H2,1-3H3. The van der Waals surface area contributed by atoms with Crippen molar-refractivity contribution in [3.8, 4) is 0 Å². The minimum absolute atomic E-state index is 0.00901. The maximum Gasteiger partial charge on any atom is 0.128 e. The van der Waals surface area contributed by atoms with Crippen LogP contribution in [0.4, 0.5) is 17.2 Å². The Labute approximate surface area is 174 Å². The number of nitrogens with one attached hydrogen (secondary N) is 1. The largest absolute Gasteiger partial charge is 0.401 e. The van der Waals surface area contributed by atoms with Gasteiger partial charge in [-0.1, -0.05) is 19.1 Å². The number of nitrogens with zero attached hydrogens (tertiary/aromatic N) is 4. The van der Waals surface area contributed by atoms with Crippen LogP contribution in [0.1, 0.15) is 38.9 Å². The highest BCUT2D eigenvalue weighted by molar-refractivity contribution is 5.78. The molecule has 2 aromatic rings. The molecule has 154 valence electrons. The summed E-state index contributed by atoms with van der Waals surface area (Å²) in [4.78, 5) is 13.5. The molecule has 0 fully saturated rings. The SMILES string of the molecule is CCCN(CC)c1ccc(C2Nc3ccccc3N2CC(N)=CC=NCC)cn1. The lowest BCUT2D eigenvalue weighted by atomic mass is 10.2. The van der Waals surface area contributed by atoms with Gasteiger partial charge in [0.05, 0.1) is 17.9 Å². The van der Waals surface area contributed by atoms with E-state index in [9.17, 15) is 0 Å². The van der Waals surface area contributed by atoms with Gasteiger partial charge in [0.25, 0.3) is 0 Å². The Morgan fingerprint density at radius 1 is 1.24 bits per heavy atom. The van der Waals surface area contributed by atoms with Gasteiger partial charge in [-0.2, -0.15) is 0 Å². The molecule has 1 aliphatic heterocycles. The lowest BCUT2D eigenvalue weighted by Crippen LogP contribution is -2.32. The molecule has 0 saturated heterocycles. The number of hydrogen-bond acceptors (Lipinski definition) is 6. The zero-order valence-corrected chi connectivity index (χ0v) is 17.7. The first-order valence-corrected chi connectivity index (χ1v) is 10.4. The molecule has 3 rings (SSSR count). The zero-order valence-electron chi connectivity index (χ0n) is 17.7. The third-order valence-electron chi connectivity index (χ3n) is 5.03. The second kappa shape index (κ2) is 9.96. The number of aromatic nitrogens is 1. The summed E-state index contributed by atoms with van der Waals surface area (Å²) in [5.74, 6) is 1.02. The molecule has 0 bridgehead atoms. The molecule has 6 nitrogen and oxygen atoms in total. The van der Waals surface area contributed by atoms with Crippen molar-refractivity contribution in [2.75, 3.05) is 41.3 Å². The molecular formula is C23H32N6. The average Bonchev–Trinajstić information content (AvgIpc) is 3.11. The Kier molecular flexibility index (Phi) is 7.11. The molecule has 0 saturated carbocycles. The quantitative estimate of drug-likeness (QED) is 0.627. The third kappa shape index (κ3) is 4.88. The van der Waals surface area contributed by atoms with Gasteiger partial charge in [-0.15, -0.1) is 0 Å². The van der Waals surface area contributed by atoms with Crippen LogP contribution in [0.2, 0.25) is 0 Å². The van der Waals surface area contributed by atoms with Crippen molar-refractivity contribution in [3.63, 3.8) is 0 Å². The van der Waals surface area contributed by atoms with Crippen LogP contribution in [0.15, 0.2) is 59.4 Å². The van der Waals surface area contributed by atoms with Gasteiger partial charge in [0.15, 0.2) is 0 Å². The Morgan fingerprint density at radius 2 is 2.07 bits per heavy atom. The predicted molar refractivity (Wildman–Crippen MR) is 124 cm³/mol. The number of nitrogens with two attached hydrogens (primary N) is 1. The van der Waals surface area contributed by atoms with Crippen molar-refractivity contribution in [3.05, 3.63) is 59.9 Å². The number of para-hydroxylation sites is 2. The van der Waals surface area contributed by atoms with Gasteiger partial charge in [0.1, 0.15) is 12.0 Å². The van der Waals surface area contributed by atoms with Gasteiger partial charge in [-0.25, -0.2) is 4.98 Å². The van der Waals surface area contributed by atoms with Crippen LogP contribution >= 0.6 is 0 Å². The highest BCUT2D eigenvalue weighted by Gasteiger charge is 2.30. The minimum Gasteiger partial charge on any atom is -0.401 e. The number of anilines is 3. The van der Waals surface area contributed by atoms with Crippen molar-refractivity contribution >= 4 is 23.4 Å². The predicted octanol–water partition coefficient (Wildman–Crippen LogP) is 4.18. The Balaban J connectivity index is 1.85. The van der Waals surface area contributed by atoms with Gasteiger partial charge in [0, 0.05) is 43.3 Å². The number of allylic oxidation sites excluding steroid dienone is 1. The summed E-state index contributed by atoms with van der Waals surface area (Å²) < 4.78 is 0. The van der Waals surface area contributed by atoms with E-state index >= 15 is 0 Å². The molecule has 3 N–H and O–H groups in total. The minimum atomic E-state index is -0.00901. The molecule has 0 radical (unpaired) electrons. The van der Waals surface area contributed by atoms with E-state index in [2.05, 4.69) is 64.3 Å². The fourth-order valence-corrected chi connectivity index (χ4v) is 3.60. The molecule has 29 heavy (non-hydrogen) atoms. The van der Waals surface area contributed by atoms with E-state index in [4.69, 9.17) is 10.7 Å². The fourth-order valence-electron chi connectivity index (χ4n) is 3.60. The topological polar surface area (TPSA) is 69.8 Å². The molecule has 6 heteroatoms. The summed E-state index contributed by atoms with van der Waals surface area (Å²) in [6.07, 6.45) is 6.74. The number of aliphatic imine (C=N–C) groups is 1. The summed E-state index contributed by atoms with van der Waals surface area (Å²) in [7, 11) is 0. The van der Waals surface area contributed by atoms with Crippen LogP contribution in [0.25, 0.3) is 0 Å².